The van der Waals surface area contributed by atoms with Crippen LogP contribution in [0, 0.1) is 0 Å². The predicted molar refractivity (Wildman–Crippen MR) is 37.6 cm³/mol. The number of hydrogen-bond acceptors (Lipinski definition) is 4. The number of nitrogens with two attached hydrogens (primary N) is 1. The number of alkyl halides is 1. The average Bonchev–Trinajstić information content (AvgIpc) is 1.86. The molecule has 0 fully saturated rings. The van der Waals surface area contributed by atoms with Crippen LogP contribution in [0.4, 0.5) is 0 Å². The van der Waals surface area contributed by atoms with E-state index in [4.69, 9.17) is 10.8 Å². The van der Waals surface area contributed by atoms with Gasteiger partial charge in [0.2, 0.25) is 0 Å². The summed E-state index contributed by atoms with van der Waals surface area (Å²) < 4.78 is 0. The predicted octanol–water partition coefficient (Wildman–Crippen LogP) is -5.26. The van der Waals surface area contributed by atoms with Gasteiger partial charge in [0.1, 0.15) is 0 Å². The van der Waals surface area contributed by atoms with Gasteiger partial charge in [-0.15, -0.1) is 0 Å². The Morgan fingerprint density at radius 3 is 2.08 bits per heavy atom. The molecule has 12 heavy (non-hydrogen) atoms. The van der Waals surface area contributed by atoms with Crippen molar-refractivity contribution in [2.45, 2.75) is 12.0 Å². The number of hydrogen-bond donors (Lipinski definition) is 2. The maximum absolute atomic E-state index is 10.4. The summed E-state index contributed by atoms with van der Waals surface area (Å²) in [5, 5.41) is 18.9. The van der Waals surface area contributed by atoms with Crippen LogP contribution in [0.15, 0.2) is 0 Å². The molecular weight excluding hydrogens is 241 g/mol. The Morgan fingerprint density at radius 2 is 2.00 bits per heavy atom. The minimum Gasteiger partial charge on any atom is -0.550 e. The fraction of sp³-hybridized carbons (Fsp3) is 0.600. The molecule has 1 amide bonds. The molecule has 0 bridgehead atoms. The Kier molecular flexibility index (Phi) is 7.35. The van der Waals surface area contributed by atoms with Gasteiger partial charge in [0.05, 0.1) is 0 Å². The second-order valence-corrected chi connectivity index (χ2v) is 2.64. The number of aliphatic hydroxyl groups is 1. The molecule has 0 aromatic rings. The third kappa shape index (κ3) is 4.42. The molecule has 0 heterocycles. The van der Waals surface area contributed by atoms with Crippen molar-refractivity contribution in [1.29, 1.82) is 0 Å². The normalized spacial score (nSPS) is 14.2. The minimum atomic E-state index is -2.04. The van der Waals surface area contributed by atoms with E-state index < -0.39 is 23.9 Å². The smallest absolute Gasteiger partial charge is 0.550 e. The van der Waals surface area contributed by atoms with Gasteiger partial charge in [-0.2, -0.15) is 0 Å². The van der Waals surface area contributed by atoms with Crippen LogP contribution in [-0.4, -0.2) is 27.9 Å². The van der Waals surface area contributed by atoms with E-state index in [0.29, 0.717) is 0 Å². The Bertz CT molecular complexity index is 188. The summed E-state index contributed by atoms with van der Waals surface area (Å²) in [6, 6.07) is 0. The summed E-state index contributed by atoms with van der Waals surface area (Å²) in [7, 11) is 0. The molecule has 0 aromatic carbocycles. The van der Waals surface area contributed by atoms with E-state index in [1.165, 1.54) is 0 Å². The molecule has 0 aromatic heterocycles. The number of aliphatic carboxylic acids is 1. The number of primary amides is 1. The number of carboxylic acid groups (broad SMARTS) is 1. The van der Waals surface area contributed by atoms with Crippen LogP contribution in [0.25, 0.3) is 0 Å². The molecular formula is C5H7BrNNaO4. The van der Waals surface area contributed by atoms with Crippen molar-refractivity contribution in [3.05, 3.63) is 0 Å². The van der Waals surface area contributed by atoms with Crippen molar-refractivity contribution in [2.75, 3.05) is 5.33 Å². The van der Waals surface area contributed by atoms with Crippen LogP contribution < -0.4 is 40.4 Å². The number of carboxylic acids is 1. The van der Waals surface area contributed by atoms with Crippen molar-refractivity contribution >= 4 is 27.8 Å². The Hall–Kier alpha value is 0.380. The van der Waals surface area contributed by atoms with Gasteiger partial charge in [-0.1, -0.05) is 15.9 Å². The molecule has 0 aliphatic carbocycles. The van der Waals surface area contributed by atoms with Crippen LogP contribution in [0.5, 0.6) is 0 Å². The van der Waals surface area contributed by atoms with Gasteiger partial charge in [0.25, 0.3) is 5.91 Å². The average molecular weight is 248 g/mol. The van der Waals surface area contributed by atoms with Crippen molar-refractivity contribution in [3.63, 3.8) is 0 Å². The van der Waals surface area contributed by atoms with Crippen molar-refractivity contribution < 1.29 is 49.4 Å². The zero-order chi connectivity index (χ0) is 9.07. The van der Waals surface area contributed by atoms with Crippen LogP contribution in [0.3, 0.4) is 0 Å². The maximum atomic E-state index is 10.4. The van der Waals surface area contributed by atoms with E-state index in [9.17, 15) is 14.7 Å². The van der Waals surface area contributed by atoms with Gasteiger partial charge in [-0.25, -0.2) is 0 Å². The summed E-state index contributed by atoms with van der Waals surface area (Å²) in [6.07, 6.45) is -0.798. The molecule has 3 N–H and O–H groups in total. The quantitative estimate of drug-likeness (QED) is 0.383. The van der Waals surface area contributed by atoms with Crippen molar-refractivity contribution in [1.82, 2.24) is 0 Å². The number of rotatable bonds is 4. The summed E-state index contributed by atoms with van der Waals surface area (Å²) in [6.45, 7) is 0. The monoisotopic (exact) mass is 247 g/mol. The van der Waals surface area contributed by atoms with Crippen LogP contribution in [0.2, 0.25) is 0 Å². The first-order chi connectivity index (χ1) is 4.92. The molecule has 1 atom stereocenters. The van der Waals surface area contributed by atoms with E-state index >= 15 is 0 Å². The first-order valence-electron chi connectivity index (χ1n) is 2.70. The molecule has 5 nitrogen and oxygen atoms in total. The molecule has 64 valence electrons. The zero-order valence-corrected chi connectivity index (χ0v) is 10.1. The first-order valence-corrected chi connectivity index (χ1v) is 3.82. The first kappa shape index (κ1) is 14.9. The van der Waals surface area contributed by atoms with Gasteiger partial charge in [-0.05, 0) is 0 Å². The topological polar surface area (TPSA) is 103 Å². The third-order valence-corrected chi connectivity index (χ3v) is 2.04. The third-order valence-electron chi connectivity index (χ3n) is 1.12. The van der Waals surface area contributed by atoms with E-state index in [1.54, 1.807) is 0 Å². The van der Waals surface area contributed by atoms with Crippen molar-refractivity contribution in [2.24, 2.45) is 5.73 Å². The maximum Gasteiger partial charge on any atom is 1.00 e. The second kappa shape index (κ2) is 5.93. The Labute approximate surface area is 99.7 Å². The number of amides is 1. The second-order valence-electron chi connectivity index (χ2n) is 2.08. The number of carbonyl (C=O) groups excluding carboxylic acids is 2. The molecule has 7 heteroatoms. The molecule has 0 saturated carbocycles. The molecule has 0 aliphatic heterocycles. The largest absolute Gasteiger partial charge is 1.00 e. The Balaban J connectivity index is 0. The SMILES string of the molecule is NC(=O)C(O)(CBr)CC(=O)[O-].[Na+]. The van der Waals surface area contributed by atoms with Crippen LogP contribution in [0.1, 0.15) is 6.42 Å². The summed E-state index contributed by atoms with van der Waals surface area (Å²) in [5.41, 5.74) is 2.68. The molecule has 0 aliphatic rings. The van der Waals surface area contributed by atoms with Gasteiger partial charge >= 0.3 is 29.6 Å². The summed E-state index contributed by atoms with van der Waals surface area (Å²) in [5.74, 6) is -2.61. The molecule has 0 rings (SSSR count). The van der Waals surface area contributed by atoms with Gasteiger partial charge in [0.15, 0.2) is 5.60 Å². The van der Waals surface area contributed by atoms with Crippen molar-refractivity contribution in [3.8, 4) is 0 Å². The number of halogens is 1. The van der Waals surface area contributed by atoms with Crippen LogP contribution in [-0.2, 0) is 9.59 Å². The molecule has 0 radical (unpaired) electrons. The fourth-order valence-corrected chi connectivity index (χ4v) is 0.914. The van der Waals surface area contributed by atoms with Gasteiger partial charge < -0.3 is 20.7 Å². The van der Waals surface area contributed by atoms with E-state index in [0.717, 1.165) is 0 Å². The van der Waals surface area contributed by atoms with E-state index in [1.807, 2.05) is 0 Å². The molecule has 0 spiro atoms. The molecule has 1 unspecified atom stereocenters. The Morgan fingerprint density at radius 1 is 1.58 bits per heavy atom. The summed E-state index contributed by atoms with van der Waals surface area (Å²) in [4.78, 5) is 20.4. The van der Waals surface area contributed by atoms with E-state index in [-0.39, 0.29) is 34.9 Å². The number of carbonyl (C=O) groups is 2. The summed E-state index contributed by atoms with van der Waals surface area (Å²) >= 11 is 2.76. The minimum absolute atomic E-state index is 0. The zero-order valence-electron chi connectivity index (χ0n) is 6.54. The molecule has 0 saturated heterocycles. The van der Waals surface area contributed by atoms with Crippen LogP contribution >= 0.6 is 15.9 Å². The van der Waals surface area contributed by atoms with Gasteiger partial charge in [-0.3, -0.25) is 4.79 Å². The van der Waals surface area contributed by atoms with E-state index in [2.05, 4.69) is 15.9 Å². The standard InChI is InChI=1S/C5H8BrNO4.Na/c6-2-5(11,4(7)10)1-3(8)9;/h11H,1-2H2,(H2,7,10)(H,8,9);/q;+1/p-1. The fourth-order valence-electron chi connectivity index (χ4n) is 0.439. The van der Waals surface area contributed by atoms with Gasteiger partial charge in [0, 0.05) is 17.7 Å².